The Morgan fingerprint density at radius 2 is 1.85 bits per heavy atom. The van der Waals surface area contributed by atoms with Gasteiger partial charge in [0, 0.05) is 36.0 Å². The maximum Gasteiger partial charge on any atom is 0.247 e. The Morgan fingerprint density at radius 3 is 2.62 bits per heavy atom. The third-order valence-electron chi connectivity index (χ3n) is 10.6. The molecule has 3 saturated heterocycles. The number of piperidine rings is 1. The fraction of sp³-hybridized carbons (Fsp3) is 0.438. The van der Waals surface area contributed by atoms with Crippen molar-refractivity contribution in [1.82, 2.24) is 9.80 Å². The first-order valence-electron chi connectivity index (χ1n) is 14.2. The maximum atomic E-state index is 13.9. The summed E-state index contributed by atoms with van der Waals surface area (Å²) < 4.78 is 6.39. The van der Waals surface area contributed by atoms with Gasteiger partial charge in [0.2, 0.25) is 12.3 Å². The average molecular weight is 523 g/mol. The molecule has 6 aliphatic heterocycles. The summed E-state index contributed by atoms with van der Waals surface area (Å²) in [5.74, 6) is 0.0377. The van der Waals surface area contributed by atoms with Crippen LogP contribution in [0.2, 0.25) is 0 Å². The van der Waals surface area contributed by atoms with Crippen molar-refractivity contribution in [2.75, 3.05) is 23.3 Å². The Kier molecular flexibility index (Phi) is 4.58. The van der Waals surface area contributed by atoms with Crippen molar-refractivity contribution in [3.05, 3.63) is 83.5 Å². The monoisotopic (exact) mass is 522 g/mol. The Labute approximate surface area is 229 Å². The van der Waals surface area contributed by atoms with E-state index in [4.69, 9.17) is 4.74 Å². The molecule has 1 unspecified atom stereocenters. The van der Waals surface area contributed by atoms with Crippen LogP contribution in [0.1, 0.15) is 56.3 Å². The number of ether oxygens (including phenoxy) is 1. The lowest BCUT2D eigenvalue weighted by atomic mass is 9.50. The molecule has 7 atom stereocenters. The smallest absolute Gasteiger partial charge is 0.247 e. The van der Waals surface area contributed by atoms with Gasteiger partial charge < -0.3 is 15.0 Å². The summed E-state index contributed by atoms with van der Waals surface area (Å²) >= 11 is 0. The van der Waals surface area contributed by atoms with Crippen LogP contribution in [0.4, 0.5) is 11.4 Å². The number of rotatable bonds is 4. The normalized spacial score (nSPS) is 37.9. The summed E-state index contributed by atoms with van der Waals surface area (Å²) in [6.45, 7) is 7.78. The van der Waals surface area contributed by atoms with E-state index in [0.717, 1.165) is 37.2 Å². The van der Waals surface area contributed by atoms with Crippen molar-refractivity contribution in [2.45, 2.75) is 74.5 Å². The third kappa shape index (κ3) is 2.61. The van der Waals surface area contributed by atoms with Crippen LogP contribution < -0.4 is 10.2 Å². The van der Waals surface area contributed by atoms with Crippen LogP contribution in [0, 0.1) is 0 Å². The molecular formula is C32H34N4O3. The van der Waals surface area contributed by atoms with Crippen molar-refractivity contribution in [3.8, 4) is 0 Å². The zero-order chi connectivity index (χ0) is 26.7. The number of amides is 2. The molecule has 0 saturated carbocycles. The highest BCUT2D eigenvalue weighted by Crippen LogP contribution is 2.72. The van der Waals surface area contributed by atoms with Gasteiger partial charge in [0.15, 0.2) is 0 Å². The lowest BCUT2D eigenvalue weighted by molar-refractivity contribution is -0.137. The molecule has 2 aromatic rings. The first-order chi connectivity index (χ1) is 18.9. The molecule has 2 spiro atoms. The summed E-state index contributed by atoms with van der Waals surface area (Å²) in [4.78, 5) is 33.4. The number of allylic oxidation sites excluding steroid dienone is 3. The van der Waals surface area contributed by atoms with Gasteiger partial charge in [-0.1, -0.05) is 48.6 Å². The van der Waals surface area contributed by atoms with Crippen LogP contribution in [-0.2, 0) is 25.2 Å². The van der Waals surface area contributed by atoms with Gasteiger partial charge >= 0.3 is 0 Å². The van der Waals surface area contributed by atoms with Gasteiger partial charge in [-0.2, -0.15) is 0 Å². The van der Waals surface area contributed by atoms with E-state index >= 15 is 0 Å². The Morgan fingerprint density at radius 1 is 1.05 bits per heavy atom. The second-order valence-electron chi connectivity index (χ2n) is 12.4. The van der Waals surface area contributed by atoms with E-state index in [-0.39, 0.29) is 46.8 Å². The molecule has 1 N–H and O–H groups in total. The molecule has 2 aromatic carbocycles. The summed E-state index contributed by atoms with van der Waals surface area (Å²) in [7, 11) is 0. The first kappa shape index (κ1) is 23.5. The molecule has 0 aromatic heterocycles. The second kappa shape index (κ2) is 7.61. The summed E-state index contributed by atoms with van der Waals surface area (Å²) in [6, 6.07) is 15.0. The highest BCUT2D eigenvalue weighted by molar-refractivity contribution is 5.91. The Hall–Kier alpha value is -3.42. The van der Waals surface area contributed by atoms with Crippen molar-refractivity contribution >= 4 is 23.7 Å². The number of nitrogens with zero attached hydrogens (tertiary/aromatic N) is 3. The van der Waals surface area contributed by atoms with Crippen molar-refractivity contribution in [1.29, 1.82) is 0 Å². The molecule has 7 nitrogen and oxygen atoms in total. The molecule has 8 rings (SSSR count). The molecular weight excluding hydrogens is 488 g/mol. The molecule has 2 amide bonds. The molecule has 3 fully saturated rings. The van der Waals surface area contributed by atoms with Crippen molar-refractivity contribution < 1.29 is 14.3 Å². The SMILES string of the molecule is C/C=C/C=C/C(=O)N1CC[C@]23c4ccccc4N[C@H]4N(C=O)c5cccc6c5[C@]42CCN([C@H]6[C@@H]2OC2(C)C)[C@H]13. The number of nitrogens with one attached hydrogen (secondary N) is 1. The number of anilines is 2. The first-order valence-corrected chi connectivity index (χ1v) is 14.2. The largest absolute Gasteiger partial charge is 0.365 e. The summed E-state index contributed by atoms with van der Waals surface area (Å²) in [6.07, 6.45) is 9.79. The minimum atomic E-state index is -0.377. The number of epoxide rings is 1. The van der Waals surface area contributed by atoms with E-state index in [0.29, 0.717) is 6.54 Å². The summed E-state index contributed by atoms with van der Waals surface area (Å²) in [5, 5.41) is 3.83. The number of hydrogen-bond acceptors (Lipinski definition) is 5. The number of fused-ring (bicyclic) bond motifs is 1. The number of carbonyl (C=O) groups excluding carboxylic acids is 2. The van der Waals surface area contributed by atoms with E-state index in [2.05, 4.69) is 71.4 Å². The zero-order valence-corrected chi connectivity index (χ0v) is 22.6. The van der Waals surface area contributed by atoms with Gasteiger partial charge in [0.05, 0.1) is 23.2 Å². The lowest BCUT2D eigenvalue weighted by Crippen LogP contribution is -2.73. The number of carbonyl (C=O) groups is 2. The molecule has 0 aliphatic carbocycles. The fourth-order valence-corrected chi connectivity index (χ4v) is 9.22. The highest BCUT2D eigenvalue weighted by Gasteiger charge is 2.77. The van der Waals surface area contributed by atoms with Crippen LogP contribution >= 0.6 is 0 Å². The van der Waals surface area contributed by atoms with E-state index in [1.165, 1.54) is 16.7 Å². The second-order valence-corrected chi connectivity index (χ2v) is 12.4. The summed E-state index contributed by atoms with van der Waals surface area (Å²) in [5.41, 5.74) is 4.86. The standard InChI is InChI=1S/C32H34N4O3/c1-4-5-6-14-24(38)34-17-15-31-21-11-7-8-12-22(21)33-28-32(31)16-18-35(29(31)34)26(27-30(2,3)39-27)20-10-9-13-23(25(20)32)36(28)19-37/h4-14,19,26-29,33H,15-18H2,1-3H3/b5-4+,14-6+/t26-,27+,28+,29+,31-,32-/m1/s1. The third-order valence-corrected chi connectivity index (χ3v) is 10.6. The Bertz CT molecular complexity index is 1480. The van der Waals surface area contributed by atoms with Crippen LogP contribution in [0.5, 0.6) is 0 Å². The number of likely N-dealkylation sites (tertiary alicyclic amines) is 1. The van der Waals surface area contributed by atoms with Gasteiger partial charge in [0.1, 0.15) is 12.3 Å². The van der Waals surface area contributed by atoms with Crippen LogP contribution in [0.15, 0.2) is 66.8 Å². The van der Waals surface area contributed by atoms with E-state index in [1.807, 2.05) is 30.1 Å². The predicted molar refractivity (Wildman–Crippen MR) is 149 cm³/mol. The maximum absolute atomic E-state index is 13.9. The van der Waals surface area contributed by atoms with Gasteiger partial charge in [0.25, 0.3) is 0 Å². The number of benzene rings is 2. The topological polar surface area (TPSA) is 68.4 Å². The minimum absolute atomic E-state index is 0.00543. The lowest BCUT2D eigenvalue weighted by Gasteiger charge is -2.62. The predicted octanol–water partition coefficient (Wildman–Crippen LogP) is 4.22. The number of hydrogen-bond donors (Lipinski definition) is 1. The van der Waals surface area contributed by atoms with Gasteiger partial charge in [-0.25, -0.2) is 0 Å². The average Bonchev–Trinajstić information content (AvgIpc) is 3.31. The highest BCUT2D eigenvalue weighted by atomic mass is 16.6. The van der Waals surface area contributed by atoms with E-state index in [1.54, 1.807) is 6.08 Å². The molecule has 0 radical (unpaired) electrons. The van der Waals surface area contributed by atoms with Crippen LogP contribution in [-0.4, -0.2) is 59.2 Å². The van der Waals surface area contributed by atoms with Crippen LogP contribution in [0.3, 0.4) is 0 Å². The van der Waals surface area contributed by atoms with Crippen molar-refractivity contribution in [3.63, 3.8) is 0 Å². The molecule has 2 bridgehead atoms. The molecule has 200 valence electrons. The van der Waals surface area contributed by atoms with E-state index < -0.39 is 0 Å². The molecule has 6 aliphatic rings. The molecule has 7 heteroatoms. The van der Waals surface area contributed by atoms with Gasteiger partial charge in [-0.15, -0.1) is 0 Å². The minimum Gasteiger partial charge on any atom is -0.365 e. The van der Waals surface area contributed by atoms with Gasteiger partial charge in [-0.3, -0.25) is 19.4 Å². The quantitative estimate of drug-likeness (QED) is 0.282. The Balaban J connectivity index is 1.45. The van der Waals surface area contributed by atoms with Gasteiger partial charge in [-0.05, 0) is 62.4 Å². The fourth-order valence-electron chi connectivity index (χ4n) is 9.22. The number of para-hydroxylation sites is 1. The zero-order valence-electron chi connectivity index (χ0n) is 22.6. The van der Waals surface area contributed by atoms with Crippen LogP contribution in [0.25, 0.3) is 0 Å². The molecule has 6 heterocycles. The van der Waals surface area contributed by atoms with E-state index in [9.17, 15) is 9.59 Å². The van der Waals surface area contributed by atoms with Crippen molar-refractivity contribution in [2.24, 2.45) is 0 Å². The molecule has 39 heavy (non-hydrogen) atoms.